The van der Waals surface area contributed by atoms with E-state index in [-0.39, 0.29) is 0 Å². The number of hydrogen-bond donors (Lipinski definition) is 1. The Kier molecular flexibility index (Phi) is 5.49. The summed E-state index contributed by atoms with van der Waals surface area (Å²) in [6.45, 7) is 9.27. The van der Waals surface area contributed by atoms with Gasteiger partial charge in [0.1, 0.15) is 0 Å². The predicted molar refractivity (Wildman–Crippen MR) is 62.5 cm³/mol. The van der Waals surface area contributed by atoms with Gasteiger partial charge < -0.3 is 10.2 Å². The van der Waals surface area contributed by atoms with E-state index in [1.54, 1.807) is 0 Å². The Bertz CT molecular complexity index is 141. The number of likely N-dealkylation sites (N-methyl/N-ethyl adjacent to an activating group) is 1. The van der Waals surface area contributed by atoms with E-state index in [9.17, 15) is 0 Å². The lowest BCUT2D eigenvalue weighted by Gasteiger charge is -2.17. The van der Waals surface area contributed by atoms with Crippen molar-refractivity contribution in [1.82, 2.24) is 10.2 Å². The molecule has 0 atom stereocenters. The second-order valence-electron chi connectivity index (χ2n) is 5.13. The van der Waals surface area contributed by atoms with Crippen molar-refractivity contribution in [3.8, 4) is 0 Å². The summed E-state index contributed by atoms with van der Waals surface area (Å²) in [6, 6.07) is 0. The zero-order valence-electron chi connectivity index (χ0n) is 10.1. The first-order chi connectivity index (χ1) is 6.68. The van der Waals surface area contributed by atoms with Crippen molar-refractivity contribution >= 4 is 0 Å². The summed E-state index contributed by atoms with van der Waals surface area (Å²) in [5.74, 6) is 1.84. The standard InChI is InChI=1S/C12H26N2/c1-11(2)10-13-7-9-14(3)8-6-12-4-5-12/h11-13H,4-10H2,1-3H3. The van der Waals surface area contributed by atoms with Crippen LogP contribution in [0, 0.1) is 11.8 Å². The molecule has 1 aliphatic carbocycles. The van der Waals surface area contributed by atoms with Crippen LogP contribution in [0.5, 0.6) is 0 Å². The number of rotatable bonds is 8. The molecule has 1 rings (SSSR count). The molecule has 0 spiro atoms. The highest BCUT2D eigenvalue weighted by Gasteiger charge is 2.20. The molecule has 2 nitrogen and oxygen atoms in total. The molecule has 0 aromatic carbocycles. The fourth-order valence-electron chi connectivity index (χ4n) is 1.58. The first kappa shape index (κ1) is 12.0. The Balaban J connectivity index is 1.83. The highest BCUT2D eigenvalue weighted by molar-refractivity contribution is 4.74. The minimum absolute atomic E-state index is 0.770. The highest BCUT2D eigenvalue weighted by Crippen LogP contribution is 2.32. The van der Waals surface area contributed by atoms with Crippen LogP contribution in [0.1, 0.15) is 33.1 Å². The summed E-state index contributed by atoms with van der Waals surface area (Å²) in [5.41, 5.74) is 0. The predicted octanol–water partition coefficient (Wildman–Crippen LogP) is 1.96. The lowest BCUT2D eigenvalue weighted by molar-refractivity contribution is 0.318. The van der Waals surface area contributed by atoms with E-state index in [1.807, 2.05) is 0 Å². The minimum atomic E-state index is 0.770. The molecular formula is C12H26N2. The molecule has 0 heterocycles. The van der Waals surface area contributed by atoms with Crippen LogP contribution >= 0.6 is 0 Å². The molecule has 0 unspecified atom stereocenters. The zero-order valence-corrected chi connectivity index (χ0v) is 10.1. The van der Waals surface area contributed by atoms with Crippen LogP contribution in [-0.4, -0.2) is 38.1 Å². The van der Waals surface area contributed by atoms with Crippen LogP contribution in [0.15, 0.2) is 0 Å². The molecule has 0 aromatic heterocycles. The molecule has 84 valence electrons. The van der Waals surface area contributed by atoms with E-state index in [4.69, 9.17) is 0 Å². The Morgan fingerprint density at radius 2 is 2.00 bits per heavy atom. The molecule has 1 saturated carbocycles. The van der Waals surface area contributed by atoms with Gasteiger partial charge in [0.2, 0.25) is 0 Å². The second-order valence-corrected chi connectivity index (χ2v) is 5.13. The molecule has 0 aliphatic heterocycles. The number of nitrogens with zero attached hydrogens (tertiary/aromatic N) is 1. The molecule has 14 heavy (non-hydrogen) atoms. The Hall–Kier alpha value is -0.0800. The minimum Gasteiger partial charge on any atom is -0.315 e. The van der Waals surface area contributed by atoms with Gasteiger partial charge in [0.15, 0.2) is 0 Å². The van der Waals surface area contributed by atoms with E-state index in [0.717, 1.165) is 24.9 Å². The largest absolute Gasteiger partial charge is 0.315 e. The molecule has 1 fully saturated rings. The quantitative estimate of drug-likeness (QED) is 0.600. The summed E-state index contributed by atoms with van der Waals surface area (Å²) >= 11 is 0. The van der Waals surface area contributed by atoms with Gasteiger partial charge in [-0.05, 0) is 38.4 Å². The van der Waals surface area contributed by atoms with Crippen molar-refractivity contribution in [1.29, 1.82) is 0 Å². The summed E-state index contributed by atoms with van der Waals surface area (Å²) in [4.78, 5) is 2.45. The first-order valence-corrected chi connectivity index (χ1v) is 6.07. The third kappa shape index (κ3) is 6.39. The zero-order chi connectivity index (χ0) is 10.4. The summed E-state index contributed by atoms with van der Waals surface area (Å²) in [5, 5.41) is 3.48. The van der Waals surface area contributed by atoms with Gasteiger partial charge >= 0.3 is 0 Å². The summed E-state index contributed by atoms with van der Waals surface area (Å²) in [6.07, 6.45) is 4.39. The molecule has 2 heteroatoms. The van der Waals surface area contributed by atoms with Gasteiger partial charge in [-0.2, -0.15) is 0 Å². The normalized spacial score (nSPS) is 16.9. The van der Waals surface area contributed by atoms with Crippen molar-refractivity contribution in [2.24, 2.45) is 11.8 Å². The maximum atomic E-state index is 3.48. The van der Waals surface area contributed by atoms with E-state index < -0.39 is 0 Å². The van der Waals surface area contributed by atoms with E-state index in [0.29, 0.717) is 0 Å². The average molecular weight is 198 g/mol. The monoisotopic (exact) mass is 198 g/mol. The lowest BCUT2D eigenvalue weighted by Crippen LogP contribution is -2.31. The Morgan fingerprint density at radius 1 is 1.29 bits per heavy atom. The SMILES string of the molecule is CC(C)CNCCN(C)CCC1CC1. The van der Waals surface area contributed by atoms with Crippen molar-refractivity contribution in [2.45, 2.75) is 33.1 Å². The fourth-order valence-corrected chi connectivity index (χ4v) is 1.58. The van der Waals surface area contributed by atoms with Gasteiger partial charge in [-0.1, -0.05) is 26.7 Å². The van der Waals surface area contributed by atoms with Gasteiger partial charge in [-0.15, -0.1) is 0 Å². The van der Waals surface area contributed by atoms with E-state index in [1.165, 1.54) is 32.4 Å². The maximum absolute atomic E-state index is 3.48. The number of nitrogens with one attached hydrogen (secondary N) is 1. The highest BCUT2D eigenvalue weighted by atomic mass is 15.1. The Morgan fingerprint density at radius 3 is 2.57 bits per heavy atom. The van der Waals surface area contributed by atoms with Crippen LogP contribution in [0.2, 0.25) is 0 Å². The molecule has 1 aliphatic rings. The fraction of sp³-hybridized carbons (Fsp3) is 1.00. The topological polar surface area (TPSA) is 15.3 Å². The molecular weight excluding hydrogens is 172 g/mol. The molecule has 0 aromatic rings. The van der Waals surface area contributed by atoms with Crippen LogP contribution in [0.25, 0.3) is 0 Å². The van der Waals surface area contributed by atoms with Crippen molar-refractivity contribution < 1.29 is 0 Å². The third-order valence-corrected chi connectivity index (χ3v) is 2.84. The molecule has 0 saturated heterocycles. The molecule has 1 N–H and O–H groups in total. The van der Waals surface area contributed by atoms with Gasteiger partial charge in [-0.25, -0.2) is 0 Å². The molecule has 0 radical (unpaired) electrons. The summed E-state index contributed by atoms with van der Waals surface area (Å²) in [7, 11) is 2.24. The lowest BCUT2D eigenvalue weighted by atomic mass is 10.2. The maximum Gasteiger partial charge on any atom is 0.0104 e. The first-order valence-electron chi connectivity index (χ1n) is 6.07. The second kappa shape index (κ2) is 6.41. The van der Waals surface area contributed by atoms with Crippen LogP contribution < -0.4 is 5.32 Å². The van der Waals surface area contributed by atoms with Gasteiger partial charge in [0.05, 0.1) is 0 Å². The van der Waals surface area contributed by atoms with Crippen molar-refractivity contribution in [3.05, 3.63) is 0 Å². The van der Waals surface area contributed by atoms with Crippen molar-refractivity contribution in [2.75, 3.05) is 33.2 Å². The van der Waals surface area contributed by atoms with Gasteiger partial charge in [0, 0.05) is 13.1 Å². The average Bonchev–Trinajstić information content (AvgIpc) is 2.92. The van der Waals surface area contributed by atoms with Crippen LogP contribution in [0.3, 0.4) is 0 Å². The van der Waals surface area contributed by atoms with E-state index >= 15 is 0 Å². The third-order valence-electron chi connectivity index (χ3n) is 2.84. The van der Waals surface area contributed by atoms with Gasteiger partial charge in [-0.3, -0.25) is 0 Å². The summed E-state index contributed by atoms with van der Waals surface area (Å²) < 4.78 is 0. The van der Waals surface area contributed by atoms with E-state index in [2.05, 4.69) is 31.1 Å². The van der Waals surface area contributed by atoms with Crippen LogP contribution in [-0.2, 0) is 0 Å². The van der Waals surface area contributed by atoms with Crippen LogP contribution in [0.4, 0.5) is 0 Å². The molecule has 0 amide bonds. The van der Waals surface area contributed by atoms with Gasteiger partial charge in [0.25, 0.3) is 0 Å². The Labute approximate surface area is 89.1 Å². The number of hydrogen-bond acceptors (Lipinski definition) is 2. The van der Waals surface area contributed by atoms with Crippen molar-refractivity contribution in [3.63, 3.8) is 0 Å². The molecule has 0 bridgehead atoms. The smallest absolute Gasteiger partial charge is 0.0104 e.